The van der Waals surface area contributed by atoms with E-state index in [0.717, 1.165) is 5.56 Å². The number of carbonyl (C=O) groups is 2. The van der Waals surface area contributed by atoms with Crippen LogP contribution >= 0.6 is 11.6 Å². The zero-order chi connectivity index (χ0) is 24.0. The first-order chi connectivity index (χ1) is 16.4. The van der Waals surface area contributed by atoms with E-state index in [1.807, 2.05) is 0 Å². The number of hydrogen-bond donors (Lipinski definition) is 1. The molecule has 8 nitrogen and oxygen atoms in total. The molecule has 1 unspecified atom stereocenters. The molecule has 1 aromatic carbocycles. The van der Waals surface area contributed by atoms with Crippen molar-refractivity contribution in [2.75, 3.05) is 7.11 Å². The topological polar surface area (TPSA) is 106 Å². The van der Waals surface area contributed by atoms with E-state index in [1.165, 1.54) is 18.1 Å². The van der Waals surface area contributed by atoms with Crippen LogP contribution in [0.25, 0.3) is 11.0 Å². The summed E-state index contributed by atoms with van der Waals surface area (Å²) in [5.41, 5.74) is 0.929. The van der Waals surface area contributed by atoms with Gasteiger partial charge in [0, 0.05) is 35.4 Å². The number of pyridine rings is 1. The number of aliphatic hydroxyl groups is 1. The molecule has 4 aromatic rings. The molecule has 1 amide bonds. The summed E-state index contributed by atoms with van der Waals surface area (Å²) in [5, 5.41) is 11.8. The molecule has 0 fully saturated rings. The largest absolute Gasteiger partial charge is 0.503 e. The fourth-order valence-corrected chi connectivity index (χ4v) is 4.33. The average molecular weight is 479 g/mol. The van der Waals surface area contributed by atoms with Gasteiger partial charge in [-0.1, -0.05) is 17.7 Å². The highest BCUT2D eigenvalue weighted by molar-refractivity contribution is 6.31. The minimum Gasteiger partial charge on any atom is -0.503 e. The summed E-state index contributed by atoms with van der Waals surface area (Å²) in [4.78, 5) is 32.2. The molecule has 1 atom stereocenters. The number of aliphatic hydroxyl groups excluding tert-OH is 1. The summed E-state index contributed by atoms with van der Waals surface area (Å²) in [5.74, 6) is -0.751. The van der Waals surface area contributed by atoms with Crippen LogP contribution in [0.5, 0.6) is 5.75 Å². The number of rotatable bonds is 6. The monoisotopic (exact) mass is 478 g/mol. The van der Waals surface area contributed by atoms with Crippen molar-refractivity contribution in [1.29, 1.82) is 0 Å². The molecule has 0 spiro atoms. The van der Waals surface area contributed by atoms with Crippen LogP contribution in [-0.2, 0) is 11.3 Å². The maximum absolute atomic E-state index is 13.6. The Bertz CT molecular complexity index is 1450. The van der Waals surface area contributed by atoms with E-state index in [1.54, 1.807) is 55.7 Å². The Morgan fingerprint density at radius 1 is 1.24 bits per heavy atom. The smallest absolute Gasteiger partial charge is 0.290 e. The Balaban J connectivity index is 1.60. The summed E-state index contributed by atoms with van der Waals surface area (Å²) in [6.45, 7) is 1.87. The summed E-state index contributed by atoms with van der Waals surface area (Å²) >= 11 is 6.14. The van der Waals surface area contributed by atoms with Gasteiger partial charge in [0.15, 0.2) is 22.9 Å². The zero-order valence-corrected chi connectivity index (χ0v) is 19.0. The third-order valence-corrected chi connectivity index (χ3v) is 5.86. The lowest BCUT2D eigenvalue weighted by Crippen LogP contribution is -2.30. The number of aryl methyl sites for hydroxylation is 1. The van der Waals surface area contributed by atoms with Gasteiger partial charge in [-0.2, -0.15) is 0 Å². The van der Waals surface area contributed by atoms with Crippen molar-refractivity contribution in [3.63, 3.8) is 0 Å². The molecule has 3 aromatic heterocycles. The van der Waals surface area contributed by atoms with Crippen LogP contribution in [0.3, 0.4) is 0 Å². The number of ketones is 1. The lowest BCUT2D eigenvalue weighted by atomic mass is 9.99. The number of amides is 1. The summed E-state index contributed by atoms with van der Waals surface area (Å²) in [7, 11) is 1.46. The molecule has 172 valence electrons. The van der Waals surface area contributed by atoms with Gasteiger partial charge < -0.3 is 23.6 Å². The Morgan fingerprint density at radius 2 is 2.06 bits per heavy atom. The highest BCUT2D eigenvalue weighted by atomic mass is 35.5. The van der Waals surface area contributed by atoms with Crippen LogP contribution in [0.15, 0.2) is 75.0 Å². The van der Waals surface area contributed by atoms with E-state index >= 15 is 0 Å². The third-order valence-electron chi connectivity index (χ3n) is 5.65. The number of hydrogen-bond acceptors (Lipinski definition) is 7. The number of nitrogens with zero attached hydrogens (tertiary/aromatic N) is 2. The van der Waals surface area contributed by atoms with Gasteiger partial charge in [-0.25, -0.2) is 0 Å². The van der Waals surface area contributed by atoms with Crippen LogP contribution in [0.1, 0.15) is 33.7 Å². The second-order valence-corrected chi connectivity index (χ2v) is 8.31. The minimum atomic E-state index is -0.951. The lowest BCUT2D eigenvalue weighted by Gasteiger charge is -2.24. The maximum atomic E-state index is 13.6. The Kier molecular flexibility index (Phi) is 5.37. The van der Waals surface area contributed by atoms with Crippen molar-refractivity contribution in [1.82, 2.24) is 9.88 Å². The first-order valence-electron chi connectivity index (χ1n) is 10.4. The second kappa shape index (κ2) is 8.39. The SMILES string of the molecule is COc1cc(Cl)cc2cc(C(=O)C3=C(O)C(=O)N(Cc4cccnc4)C3c3ccc(C)o3)oc12. The summed E-state index contributed by atoms with van der Waals surface area (Å²) in [6.07, 6.45) is 3.24. The van der Waals surface area contributed by atoms with Gasteiger partial charge in [0.05, 0.1) is 12.7 Å². The maximum Gasteiger partial charge on any atom is 0.290 e. The number of benzene rings is 1. The quantitative estimate of drug-likeness (QED) is 0.381. The van der Waals surface area contributed by atoms with Gasteiger partial charge in [-0.05, 0) is 42.8 Å². The van der Waals surface area contributed by atoms with Crippen molar-refractivity contribution in [3.8, 4) is 5.75 Å². The predicted molar refractivity (Wildman–Crippen MR) is 123 cm³/mol. The predicted octanol–water partition coefficient (Wildman–Crippen LogP) is 5.17. The van der Waals surface area contributed by atoms with Crippen molar-refractivity contribution in [3.05, 3.63) is 94.1 Å². The van der Waals surface area contributed by atoms with Gasteiger partial charge in [0.1, 0.15) is 17.6 Å². The van der Waals surface area contributed by atoms with E-state index < -0.39 is 23.5 Å². The molecule has 5 rings (SSSR count). The van der Waals surface area contributed by atoms with Crippen molar-refractivity contribution in [2.24, 2.45) is 0 Å². The number of Topliss-reactive ketones (excluding diaryl/α,β-unsaturated/α-hetero) is 1. The van der Waals surface area contributed by atoms with E-state index in [0.29, 0.717) is 33.3 Å². The number of aromatic nitrogens is 1. The Labute approximate surface area is 199 Å². The molecule has 9 heteroatoms. The number of furan rings is 2. The van der Waals surface area contributed by atoms with Crippen LogP contribution in [-0.4, -0.2) is 33.8 Å². The Morgan fingerprint density at radius 3 is 2.74 bits per heavy atom. The van der Waals surface area contributed by atoms with Crippen LogP contribution in [0, 0.1) is 6.92 Å². The highest BCUT2D eigenvalue weighted by Gasteiger charge is 2.46. The molecule has 0 aliphatic carbocycles. The lowest BCUT2D eigenvalue weighted by molar-refractivity contribution is -0.130. The van der Waals surface area contributed by atoms with Crippen molar-refractivity contribution < 1.29 is 28.3 Å². The van der Waals surface area contributed by atoms with Crippen LogP contribution in [0.4, 0.5) is 0 Å². The first kappa shape index (κ1) is 21.8. The molecule has 0 saturated carbocycles. The first-order valence-corrected chi connectivity index (χ1v) is 10.8. The molecule has 0 bridgehead atoms. The summed E-state index contributed by atoms with van der Waals surface area (Å²) in [6, 6.07) is 10.7. The summed E-state index contributed by atoms with van der Waals surface area (Å²) < 4.78 is 16.9. The average Bonchev–Trinajstić information content (AvgIpc) is 3.51. The molecular formula is C25H19ClN2O6. The normalized spacial score (nSPS) is 16.0. The molecule has 1 N–H and O–H groups in total. The number of methoxy groups -OCH3 is 1. The van der Waals surface area contributed by atoms with Crippen LogP contribution < -0.4 is 4.74 Å². The van der Waals surface area contributed by atoms with E-state index in [4.69, 9.17) is 25.2 Å². The van der Waals surface area contributed by atoms with Gasteiger partial charge >= 0.3 is 0 Å². The molecular weight excluding hydrogens is 460 g/mol. The van der Waals surface area contributed by atoms with Gasteiger partial charge in [0.25, 0.3) is 5.91 Å². The molecule has 0 radical (unpaired) electrons. The molecule has 4 heterocycles. The third kappa shape index (κ3) is 3.62. The zero-order valence-electron chi connectivity index (χ0n) is 18.2. The van der Waals surface area contributed by atoms with E-state index in [2.05, 4.69) is 4.98 Å². The van der Waals surface area contributed by atoms with Gasteiger partial charge in [-0.3, -0.25) is 14.6 Å². The highest BCUT2D eigenvalue weighted by Crippen LogP contribution is 2.42. The van der Waals surface area contributed by atoms with Crippen molar-refractivity contribution in [2.45, 2.75) is 19.5 Å². The number of halogens is 1. The van der Waals surface area contributed by atoms with E-state index in [-0.39, 0.29) is 17.9 Å². The molecule has 1 aliphatic rings. The standard InChI is InChI=1S/C25H19ClN2O6/c1-13-5-6-17(33-13)21-20(23(30)25(31)28(21)12-14-4-3-7-27-11-14)22(29)18-9-15-8-16(26)10-19(32-2)24(15)34-18/h3-11,21,30H,12H2,1-2H3. The fraction of sp³-hybridized carbons (Fsp3) is 0.160. The molecule has 34 heavy (non-hydrogen) atoms. The van der Waals surface area contributed by atoms with Crippen molar-refractivity contribution >= 4 is 34.3 Å². The van der Waals surface area contributed by atoms with Gasteiger partial charge in [0.2, 0.25) is 5.78 Å². The van der Waals surface area contributed by atoms with Crippen LogP contribution in [0.2, 0.25) is 5.02 Å². The molecule has 0 saturated heterocycles. The number of carbonyl (C=O) groups excluding carboxylic acids is 2. The second-order valence-electron chi connectivity index (χ2n) is 7.87. The minimum absolute atomic E-state index is 0.0681. The number of fused-ring (bicyclic) bond motifs is 1. The Hall–Kier alpha value is -4.04. The number of ether oxygens (including phenoxy) is 1. The fourth-order valence-electron chi connectivity index (χ4n) is 4.12. The van der Waals surface area contributed by atoms with Gasteiger partial charge in [-0.15, -0.1) is 0 Å². The molecule has 1 aliphatic heterocycles. The van der Waals surface area contributed by atoms with E-state index in [9.17, 15) is 14.7 Å².